The van der Waals surface area contributed by atoms with E-state index in [0.717, 1.165) is 17.4 Å². The number of sulfonamides is 1. The summed E-state index contributed by atoms with van der Waals surface area (Å²) in [7, 11) is -3.67. The zero-order valence-corrected chi connectivity index (χ0v) is 23.6. The SMILES string of the molecule is CS(=O)(=O)N(c1cccc(C(=O)NCCCC(=O)O)c1)C1CN(C(c2ccc(Cl)cc2)c2ccc(Cl)cc2)C1. The molecule has 0 bridgehead atoms. The Morgan fingerprint density at radius 3 is 2.08 bits per heavy atom. The molecule has 1 aliphatic rings. The van der Waals surface area contributed by atoms with Gasteiger partial charge in [0, 0.05) is 41.7 Å². The summed E-state index contributed by atoms with van der Waals surface area (Å²) in [5, 5.41) is 12.7. The van der Waals surface area contributed by atoms with Gasteiger partial charge in [0.05, 0.1) is 24.0 Å². The third-order valence-electron chi connectivity index (χ3n) is 6.53. The molecule has 0 radical (unpaired) electrons. The number of nitrogens with zero attached hydrogens (tertiary/aromatic N) is 2. The van der Waals surface area contributed by atoms with Crippen molar-refractivity contribution in [2.45, 2.75) is 24.9 Å². The van der Waals surface area contributed by atoms with E-state index in [2.05, 4.69) is 10.2 Å². The Balaban J connectivity index is 1.54. The van der Waals surface area contributed by atoms with E-state index in [1.807, 2.05) is 48.5 Å². The Bertz CT molecular complexity index is 1380. The number of carboxylic acid groups (broad SMARTS) is 1. The number of amides is 1. The van der Waals surface area contributed by atoms with Crippen LogP contribution in [0.2, 0.25) is 10.0 Å². The van der Waals surface area contributed by atoms with Crippen molar-refractivity contribution in [2.75, 3.05) is 30.2 Å². The van der Waals surface area contributed by atoms with E-state index >= 15 is 0 Å². The molecule has 0 spiro atoms. The van der Waals surface area contributed by atoms with E-state index in [4.69, 9.17) is 28.3 Å². The Hall–Kier alpha value is -3.11. The van der Waals surface area contributed by atoms with Crippen LogP contribution in [0.25, 0.3) is 0 Å². The maximum atomic E-state index is 12.9. The summed E-state index contributed by atoms with van der Waals surface area (Å²) in [6, 6.07) is 21.2. The number of hydrogen-bond donors (Lipinski definition) is 2. The molecule has 3 aromatic carbocycles. The summed E-state index contributed by atoms with van der Waals surface area (Å²) in [5.41, 5.74) is 2.74. The van der Waals surface area contributed by atoms with Crippen LogP contribution in [0.3, 0.4) is 0 Å². The highest BCUT2D eigenvalue weighted by Crippen LogP contribution is 2.36. The highest BCUT2D eigenvalue weighted by Gasteiger charge is 2.40. The number of rotatable bonds is 11. The molecule has 1 fully saturated rings. The fraction of sp³-hybridized carbons (Fsp3) is 0.286. The molecule has 39 heavy (non-hydrogen) atoms. The van der Waals surface area contributed by atoms with Gasteiger partial charge in [-0.05, 0) is 60.0 Å². The number of carboxylic acids is 1. The number of carbonyl (C=O) groups is 2. The molecule has 206 valence electrons. The standard InChI is InChI=1S/C28H29Cl2N3O5S/c1-39(37,38)33(24-5-2-4-21(16-24)28(36)31-15-3-6-26(34)35)25-17-32(18-25)27(19-7-11-22(29)12-8-19)20-9-13-23(30)14-10-20/h2,4-5,7-14,16,25,27H,3,6,15,17-18H2,1H3,(H,31,36)(H,34,35). The second-order valence-corrected chi connectivity index (χ2v) is 12.2. The quantitative estimate of drug-likeness (QED) is 0.310. The lowest BCUT2D eigenvalue weighted by Gasteiger charge is -2.48. The summed E-state index contributed by atoms with van der Waals surface area (Å²) in [4.78, 5) is 25.5. The van der Waals surface area contributed by atoms with Crippen molar-refractivity contribution in [1.82, 2.24) is 10.2 Å². The number of aliphatic carboxylic acids is 1. The first-order valence-corrected chi connectivity index (χ1v) is 15.0. The number of carbonyl (C=O) groups excluding carboxylic acids is 1. The molecule has 0 atom stereocenters. The minimum atomic E-state index is -3.67. The largest absolute Gasteiger partial charge is 0.481 e. The number of nitrogens with one attached hydrogen (secondary N) is 1. The van der Waals surface area contributed by atoms with Crippen LogP contribution in [-0.4, -0.2) is 62.2 Å². The monoisotopic (exact) mass is 589 g/mol. The van der Waals surface area contributed by atoms with Crippen LogP contribution < -0.4 is 9.62 Å². The highest BCUT2D eigenvalue weighted by atomic mass is 35.5. The van der Waals surface area contributed by atoms with Gasteiger partial charge in [0.25, 0.3) is 5.91 Å². The number of halogens is 2. The zero-order chi connectivity index (χ0) is 28.2. The van der Waals surface area contributed by atoms with Crippen molar-refractivity contribution in [3.63, 3.8) is 0 Å². The van der Waals surface area contributed by atoms with Gasteiger partial charge < -0.3 is 10.4 Å². The first-order chi connectivity index (χ1) is 18.5. The Morgan fingerprint density at radius 2 is 1.56 bits per heavy atom. The lowest BCUT2D eigenvalue weighted by molar-refractivity contribution is -0.137. The summed E-state index contributed by atoms with van der Waals surface area (Å²) in [6.07, 6.45) is 1.41. The maximum absolute atomic E-state index is 12.9. The molecule has 1 heterocycles. The van der Waals surface area contributed by atoms with E-state index < -0.39 is 21.9 Å². The number of hydrogen-bond acceptors (Lipinski definition) is 5. The molecular formula is C28H29Cl2N3O5S. The number of likely N-dealkylation sites (tertiary alicyclic amines) is 1. The summed E-state index contributed by atoms with van der Waals surface area (Å²) >= 11 is 12.2. The predicted octanol–water partition coefficient (Wildman–Crippen LogP) is 4.83. The molecular weight excluding hydrogens is 561 g/mol. The maximum Gasteiger partial charge on any atom is 0.303 e. The summed E-state index contributed by atoms with van der Waals surface area (Å²) in [5.74, 6) is -1.32. The highest BCUT2D eigenvalue weighted by molar-refractivity contribution is 7.92. The van der Waals surface area contributed by atoms with Gasteiger partial charge >= 0.3 is 5.97 Å². The molecule has 1 amide bonds. The zero-order valence-electron chi connectivity index (χ0n) is 21.3. The van der Waals surface area contributed by atoms with Crippen LogP contribution in [-0.2, 0) is 14.8 Å². The molecule has 0 aliphatic carbocycles. The van der Waals surface area contributed by atoms with E-state index in [1.54, 1.807) is 24.3 Å². The molecule has 1 aliphatic heterocycles. The minimum absolute atomic E-state index is 0.0482. The second kappa shape index (κ2) is 12.4. The van der Waals surface area contributed by atoms with E-state index in [-0.39, 0.29) is 25.0 Å². The van der Waals surface area contributed by atoms with E-state index in [9.17, 15) is 18.0 Å². The Kier molecular flexibility index (Phi) is 9.17. The molecule has 11 heteroatoms. The summed E-state index contributed by atoms with van der Waals surface area (Å²) in [6.45, 7) is 1.14. The molecule has 8 nitrogen and oxygen atoms in total. The van der Waals surface area contributed by atoms with Crippen molar-refractivity contribution in [3.8, 4) is 0 Å². The number of anilines is 1. The topological polar surface area (TPSA) is 107 Å². The minimum Gasteiger partial charge on any atom is -0.481 e. The fourth-order valence-electron chi connectivity index (χ4n) is 4.75. The van der Waals surface area contributed by atoms with Gasteiger partial charge in [-0.25, -0.2) is 8.42 Å². The van der Waals surface area contributed by atoms with Crippen LogP contribution in [0.5, 0.6) is 0 Å². The van der Waals surface area contributed by atoms with Gasteiger partial charge in [-0.15, -0.1) is 0 Å². The van der Waals surface area contributed by atoms with Crippen LogP contribution >= 0.6 is 23.2 Å². The third kappa shape index (κ3) is 7.30. The molecule has 0 aromatic heterocycles. The van der Waals surface area contributed by atoms with Crippen LogP contribution in [0.15, 0.2) is 72.8 Å². The molecule has 3 aromatic rings. The fourth-order valence-corrected chi connectivity index (χ4v) is 6.18. The Labute approximate surface area is 238 Å². The molecule has 2 N–H and O–H groups in total. The summed E-state index contributed by atoms with van der Waals surface area (Å²) < 4.78 is 27.2. The molecule has 1 saturated heterocycles. The second-order valence-electron chi connectivity index (χ2n) is 9.48. The van der Waals surface area contributed by atoms with Crippen molar-refractivity contribution >= 4 is 50.8 Å². The molecule has 4 rings (SSSR count). The third-order valence-corrected chi connectivity index (χ3v) is 8.26. The van der Waals surface area contributed by atoms with Crippen LogP contribution in [0, 0.1) is 0 Å². The lowest BCUT2D eigenvalue weighted by Crippen LogP contribution is -2.61. The van der Waals surface area contributed by atoms with Gasteiger partial charge in [0.1, 0.15) is 0 Å². The molecule has 0 unspecified atom stereocenters. The van der Waals surface area contributed by atoms with E-state index in [0.29, 0.717) is 40.8 Å². The van der Waals surface area contributed by atoms with Gasteiger partial charge in [0.2, 0.25) is 10.0 Å². The molecule has 0 saturated carbocycles. The van der Waals surface area contributed by atoms with Gasteiger partial charge in [-0.2, -0.15) is 0 Å². The first kappa shape index (κ1) is 28.9. The van der Waals surface area contributed by atoms with Gasteiger partial charge in [0.15, 0.2) is 0 Å². The smallest absolute Gasteiger partial charge is 0.303 e. The van der Waals surface area contributed by atoms with Crippen molar-refractivity contribution < 1.29 is 23.1 Å². The number of benzene rings is 3. The van der Waals surface area contributed by atoms with Gasteiger partial charge in [-0.1, -0.05) is 53.5 Å². The van der Waals surface area contributed by atoms with Crippen LogP contribution in [0.4, 0.5) is 5.69 Å². The Morgan fingerprint density at radius 1 is 1.00 bits per heavy atom. The van der Waals surface area contributed by atoms with Crippen molar-refractivity contribution in [2.24, 2.45) is 0 Å². The average molecular weight is 591 g/mol. The van der Waals surface area contributed by atoms with Crippen molar-refractivity contribution in [1.29, 1.82) is 0 Å². The first-order valence-electron chi connectivity index (χ1n) is 12.4. The normalized spacial score (nSPS) is 14.2. The predicted molar refractivity (Wildman–Crippen MR) is 153 cm³/mol. The lowest BCUT2D eigenvalue weighted by atomic mass is 9.93. The van der Waals surface area contributed by atoms with Crippen molar-refractivity contribution in [3.05, 3.63) is 99.5 Å². The van der Waals surface area contributed by atoms with Gasteiger partial charge in [-0.3, -0.25) is 18.8 Å². The average Bonchev–Trinajstić information content (AvgIpc) is 2.86. The van der Waals surface area contributed by atoms with E-state index in [1.165, 1.54) is 4.31 Å². The van der Waals surface area contributed by atoms with Crippen LogP contribution in [0.1, 0.15) is 40.4 Å².